The van der Waals surface area contributed by atoms with Gasteiger partial charge in [-0.1, -0.05) is 6.92 Å². The number of carboxylic acids is 1. The Kier molecular flexibility index (Phi) is 3.34. The number of nitrogens with zero attached hydrogens (tertiary/aromatic N) is 1. The summed E-state index contributed by atoms with van der Waals surface area (Å²) in [5.74, 6) is -1.17. The molecule has 1 fully saturated rings. The van der Waals surface area contributed by atoms with Gasteiger partial charge in [-0.05, 0) is 19.8 Å². The van der Waals surface area contributed by atoms with Crippen molar-refractivity contribution >= 4 is 11.9 Å². The molecule has 3 N–H and O–H groups in total. The lowest BCUT2D eigenvalue weighted by Gasteiger charge is -2.25. The van der Waals surface area contributed by atoms with Gasteiger partial charge in [-0.25, -0.2) is 0 Å². The third-order valence-electron chi connectivity index (χ3n) is 3.21. The molecule has 1 saturated heterocycles. The third kappa shape index (κ3) is 2.28. The SMILES string of the molecule is CCC(C(=O)O)N1CCC(C)(C(N)=O)C1. The predicted octanol–water partition coefficient (Wildman–Crippen LogP) is 0.0469. The molecule has 2 atom stereocenters. The first-order valence-electron chi connectivity index (χ1n) is 5.17. The highest BCUT2D eigenvalue weighted by Gasteiger charge is 2.42. The van der Waals surface area contributed by atoms with Crippen LogP contribution in [0.3, 0.4) is 0 Å². The van der Waals surface area contributed by atoms with Crippen molar-refractivity contribution in [3.8, 4) is 0 Å². The lowest BCUT2D eigenvalue weighted by molar-refractivity contribution is -0.143. The summed E-state index contributed by atoms with van der Waals surface area (Å²) in [5, 5.41) is 8.98. The van der Waals surface area contributed by atoms with Gasteiger partial charge in [-0.15, -0.1) is 0 Å². The summed E-state index contributed by atoms with van der Waals surface area (Å²) in [6.07, 6.45) is 1.19. The minimum atomic E-state index is -0.828. The van der Waals surface area contributed by atoms with Crippen LogP contribution in [-0.2, 0) is 9.59 Å². The average molecular weight is 214 g/mol. The number of carboxylic acid groups (broad SMARTS) is 1. The maximum Gasteiger partial charge on any atom is 0.320 e. The van der Waals surface area contributed by atoms with Crippen molar-refractivity contribution in [2.75, 3.05) is 13.1 Å². The van der Waals surface area contributed by atoms with Crippen LogP contribution < -0.4 is 5.73 Å². The summed E-state index contributed by atoms with van der Waals surface area (Å²) in [4.78, 5) is 24.0. The minimum Gasteiger partial charge on any atom is -0.480 e. The van der Waals surface area contributed by atoms with Crippen molar-refractivity contribution in [2.24, 2.45) is 11.1 Å². The Balaban J connectivity index is 2.70. The van der Waals surface area contributed by atoms with E-state index in [9.17, 15) is 9.59 Å². The second-order valence-electron chi connectivity index (χ2n) is 4.41. The summed E-state index contributed by atoms with van der Waals surface area (Å²) in [6.45, 7) is 4.71. The number of likely N-dealkylation sites (tertiary alicyclic amines) is 1. The molecule has 2 unspecified atom stereocenters. The molecule has 0 saturated carbocycles. The summed E-state index contributed by atoms with van der Waals surface area (Å²) >= 11 is 0. The number of primary amides is 1. The Hall–Kier alpha value is -1.10. The fourth-order valence-electron chi connectivity index (χ4n) is 2.05. The quantitative estimate of drug-likeness (QED) is 0.692. The molecule has 5 heteroatoms. The molecular weight excluding hydrogens is 196 g/mol. The Morgan fingerprint density at radius 2 is 2.20 bits per heavy atom. The molecule has 86 valence electrons. The maximum atomic E-state index is 11.2. The molecule has 0 aliphatic carbocycles. The largest absolute Gasteiger partial charge is 0.480 e. The van der Waals surface area contributed by atoms with Crippen molar-refractivity contribution in [2.45, 2.75) is 32.7 Å². The van der Waals surface area contributed by atoms with Gasteiger partial charge in [0.1, 0.15) is 6.04 Å². The van der Waals surface area contributed by atoms with Crippen LogP contribution in [0.15, 0.2) is 0 Å². The van der Waals surface area contributed by atoms with E-state index in [-0.39, 0.29) is 5.91 Å². The summed E-state index contributed by atoms with van der Waals surface area (Å²) in [7, 11) is 0. The number of carbonyl (C=O) groups is 2. The fourth-order valence-corrected chi connectivity index (χ4v) is 2.05. The topological polar surface area (TPSA) is 83.6 Å². The van der Waals surface area contributed by atoms with Crippen LogP contribution in [0.2, 0.25) is 0 Å². The first kappa shape index (κ1) is 12.0. The second-order valence-corrected chi connectivity index (χ2v) is 4.41. The van der Waals surface area contributed by atoms with Crippen LogP contribution in [0, 0.1) is 5.41 Å². The zero-order valence-corrected chi connectivity index (χ0v) is 9.19. The van der Waals surface area contributed by atoms with E-state index < -0.39 is 17.4 Å². The van der Waals surface area contributed by atoms with E-state index >= 15 is 0 Å². The van der Waals surface area contributed by atoms with Gasteiger partial charge in [-0.2, -0.15) is 0 Å². The molecule has 0 bridgehead atoms. The summed E-state index contributed by atoms with van der Waals surface area (Å²) < 4.78 is 0. The van der Waals surface area contributed by atoms with Crippen LogP contribution in [0.1, 0.15) is 26.7 Å². The smallest absolute Gasteiger partial charge is 0.320 e. The molecule has 5 nitrogen and oxygen atoms in total. The van der Waals surface area contributed by atoms with Gasteiger partial charge in [0.15, 0.2) is 0 Å². The number of aliphatic carboxylic acids is 1. The molecule has 1 amide bonds. The van der Waals surface area contributed by atoms with Crippen LogP contribution >= 0.6 is 0 Å². The molecule has 15 heavy (non-hydrogen) atoms. The first-order valence-corrected chi connectivity index (χ1v) is 5.17. The zero-order valence-electron chi connectivity index (χ0n) is 9.19. The van der Waals surface area contributed by atoms with Crippen LogP contribution in [0.25, 0.3) is 0 Å². The van der Waals surface area contributed by atoms with Gasteiger partial charge in [0, 0.05) is 13.1 Å². The van der Waals surface area contributed by atoms with Crippen LogP contribution in [0.5, 0.6) is 0 Å². The highest BCUT2D eigenvalue weighted by atomic mass is 16.4. The standard InChI is InChI=1S/C10H18N2O3/c1-3-7(8(13)14)12-5-4-10(2,6-12)9(11)15/h7H,3-6H2,1-2H3,(H2,11,15)(H,13,14). The van der Waals surface area contributed by atoms with E-state index in [1.54, 1.807) is 6.92 Å². The molecule has 0 aromatic rings. The molecule has 1 rings (SSSR count). The Labute approximate surface area is 89.2 Å². The monoisotopic (exact) mass is 214 g/mol. The van der Waals surface area contributed by atoms with Gasteiger partial charge in [-0.3, -0.25) is 14.5 Å². The van der Waals surface area contributed by atoms with Crippen LogP contribution in [0.4, 0.5) is 0 Å². The molecule has 0 aromatic carbocycles. The van der Waals surface area contributed by atoms with Gasteiger partial charge >= 0.3 is 5.97 Å². The zero-order chi connectivity index (χ0) is 11.6. The van der Waals surface area contributed by atoms with E-state index in [0.717, 1.165) is 0 Å². The minimum absolute atomic E-state index is 0.342. The number of rotatable bonds is 4. The van der Waals surface area contributed by atoms with E-state index in [4.69, 9.17) is 10.8 Å². The Morgan fingerprint density at radius 3 is 2.53 bits per heavy atom. The van der Waals surface area contributed by atoms with Crippen molar-refractivity contribution in [1.29, 1.82) is 0 Å². The molecule has 1 aliphatic rings. The number of carbonyl (C=O) groups excluding carboxylic acids is 1. The molecular formula is C10H18N2O3. The number of hydrogen-bond acceptors (Lipinski definition) is 3. The number of nitrogens with two attached hydrogens (primary N) is 1. The highest BCUT2D eigenvalue weighted by molar-refractivity contribution is 5.81. The average Bonchev–Trinajstić information content (AvgIpc) is 2.50. The van der Waals surface area contributed by atoms with Gasteiger partial charge in [0.25, 0.3) is 0 Å². The normalized spacial score (nSPS) is 28.9. The lowest BCUT2D eigenvalue weighted by atomic mass is 9.89. The molecule has 1 heterocycles. The molecule has 0 aromatic heterocycles. The van der Waals surface area contributed by atoms with Gasteiger partial charge in [0.05, 0.1) is 5.41 Å². The van der Waals surface area contributed by atoms with E-state index in [1.807, 2.05) is 11.8 Å². The van der Waals surface area contributed by atoms with Crippen LogP contribution in [-0.4, -0.2) is 41.0 Å². The van der Waals surface area contributed by atoms with Crippen molar-refractivity contribution in [3.63, 3.8) is 0 Å². The molecule has 0 spiro atoms. The Morgan fingerprint density at radius 1 is 1.60 bits per heavy atom. The highest BCUT2D eigenvalue weighted by Crippen LogP contribution is 2.31. The van der Waals surface area contributed by atoms with Crippen molar-refractivity contribution < 1.29 is 14.7 Å². The fraction of sp³-hybridized carbons (Fsp3) is 0.800. The van der Waals surface area contributed by atoms with E-state index in [0.29, 0.717) is 25.9 Å². The molecule has 0 radical (unpaired) electrons. The maximum absolute atomic E-state index is 11.2. The molecule has 1 aliphatic heterocycles. The number of hydrogen-bond donors (Lipinski definition) is 2. The van der Waals surface area contributed by atoms with E-state index in [2.05, 4.69) is 0 Å². The number of amides is 1. The summed E-state index contributed by atoms with van der Waals surface area (Å²) in [6, 6.07) is -0.494. The summed E-state index contributed by atoms with van der Waals surface area (Å²) in [5.41, 5.74) is 4.73. The first-order chi connectivity index (χ1) is 6.90. The third-order valence-corrected chi connectivity index (χ3v) is 3.21. The Bertz CT molecular complexity index is 280. The van der Waals surface area contributed by atoms with Crippen molar-refractivity contribution in [3.05, 3.63) is 0 Å². The van der Waals surface area contributed by atoms with Gasteiger partial charge < -0.3 is 10.8 Å². The van der Waals surface area contributed by atoms with E-state index in [1.165, 1.54) is 0 Å². The lowest BCUT2D eigenvalue weighted by Crippen LogP contribution is -2.43. The predicted molar refractivity (Wildman–Crippen MR) is 55.2 cm³/mol. The van der Waals surface area contributed by atoms with Crippen molar-refractivity contribution in [1.82, 2.24) is 4.90 Å². The van der Waals surface area contributed by atoms with Gasteiger partial charge in [0.2, 0.25) is 5.91 Å². The second kappa shape index (κ2) is 4.18.